The van der Waals surface area contributed by atoms with Crippen molar-refractivity contribution < 1.29 is 19.2 Å². The van der Waals surface area contributed by atoms with Gasteiger partial charge in [0.1, 0.15) is 5.75 Å². The molecule has 1 aliphatic heterocycles. The largest absolute Gasteiger partial charge is 0.423 e. The van der Waals surface area contributed by atoms with Crippen LogP contribution in [0, 0.1) is 10.1 Å². The topological polar surface area (TPSA) is 98.5 Å². The summed E-state index contributed by atoms with van der Waals surface area (Å²) in [4.78, 5) is 37.7. The molecule has 7 nitrogen and oxygen atoms in total. The molecule has 0 amide bonds. The van der Waals surface area contributed by atoms with E-state index in [1.54, 1.807) is 30.0 Å². The van der Waals surface area contributed by atoms with Gasteiger partial charge in [-0.1, -0.05) is 48.5 Å². The lowest BCUT2D eigenvalue weighted by molar-refractivity contribution is -0.384. The molecular weight excluding hydrogens is 488 g/mol. The zero-order valence-electron chi connectivity index (χ0n) is 19.2. The van der Waals surface area contributed by atoms with Gasteiger partial charge in [0, 0.05) is 33.7 Å². The third-order valence-electron chi connectivity index (χ3n) is 6.29. The van der Waals surface area contributed by atoms with Crippen molar-refractivity contribution in [3.05, 3.63) is 135 Å². The van der Waals surface area contributed by atoms with Crippen molar-refractivity contribution in [1.82, 2.24) is 0 Å². The number of benzene rings is 4. The molecule has 0 bridgehead atoms. The van der Waals surface area contributed by atoms with E-state index in [-0.39, 0.29) is 22.3 Å². The third-order valence-corrected chi connectivity index (χ3v) is 7.65. The van der Waals surface area contributed by atoms with Gasteiger partial charge in [0.2, 0.25) is 0 Å². The summed E-state index contributed by atoms with van der Waals surface area (Å²) in [6.45, 7) is 0. The fourth-order valence-electron chi connectivity index (χ4n) is 4.54. The minimum atomic E-state index is -0.628. The van der Waals surface area contributed by atoms with Crippen molar-refractivity contribution in [3.8, 4) is 5.75 Å². The van der Waals surface area contributed by atoms with Crippen molar-refractivity contribution in [2.75, 3.05) is 5.32 Å². The molecule has 0 radical (unpaired) electrons. The number of ether oxygens (including phenoxy) is 1. The maximum Gasteiger partial charge on any atom is 0.343 e. The second kappa shape index (κ2) is 9.07. The molecule has 0 fully saturated rings. The molecule has 1 heterocycles. The maximum atomic E-state index is 13.6. The number of nitrogens with one attached hydrogen (secondary N) is 1. The highest BCUT2D eigenvalue weighted by Crippen LogP contribution is 2.52. The number of anilines is 1. The molecule has 8 heteroatoms. The Labute approximate surface area is 215 Å². The Kier molecular flexibility index (Phi) is 5.58. The Morgan fingerprint density at radius 2 is 1.62 bits per heavy atom. The number of carbonyl (C=O) groups excluding carboxylic acids is 2. The van der Waals surface area contributed by atoms with Crippen LogP contribution in [0.15, 0.2) is 108 Å². The van der Waals surface area contributed by atoms with Crippen LogP contribution in [-0.4, -0.2) is 16.7 Å². The van der Waals surface area contributed by atoms with Crippen LogP contribution in [0.5, 0.6) is 5.75 Å². The summed E-state index contributed by atoms with van der Waals surface area (Å²) in [7, 11) is 0. The molecule has 4 aromatic rings. The molecule has 0 aromatic heterocycles. The van der Waals surface area contributed by atoms with Crippen LogP contribution in [-0.2, 0) is 0 Å². The number of rotatable bonds is 4. The van der Waals surface area contributed by atoms with Crippen LogP contribution < -0.4 is 10.1 Å². The second-order valence-corrected chi connectivity index (χ2v) is 9.70. The minimum Gasteiger partial charge on any atom is -0.423 e. The number of thioether (sulfide) groups is 1. The van der Waals surface area contributed by atoms with E-state index in [9.17, 15) is 19.7 Å². The van der Waals surface area contributed by atoms with E-state index in [0.717, 1.165) is 27.4 Å². The second-order valence-electron chi connectivity index (χ2n) is 8.55. The van der Waals surface area contributed by atoms with Gasteiger partial charge < -0.3 is 10.1 Å². The van der Waals surface area contributed by atoms with Crippen LogP contribution in [0.4, 0.5) is 11.4 Å². The molecule has 37 heavy (non-hydrogen) atoms. The molecule has 1 aliphatic carbocycles. The lowest BCUT2D eigenvalue weighted by Crippen LogP contribution is -2.10. The molecule has 180 valence electrons. The Morgan fingerprint density at radius 1 is 0.892 bits per heavy atom. The lowest BCUT2D eigenvalue weighted by atomic mass is 10.0. The first-order chi connectivity index (χ1) is 18.0. The maximum absolute atomic E-state index is 13.6. The number of hydrogen-bond donors (Lipinski definition) is 1. The molecular formula is C29H18N2O5S. The summed E-state index contributed by atoms with van der Waals surface area (Å²) in [5.41, 5.74) is 4.79. The smallest absolute Gasteiger partial charge is 0.343 e. The molecule has 4 aromatic carbocycles. The summed E-state index contributed by atoms with van der Waals surface area (Å²) >= 11 is 1.56. The van der Waals surface area contributed by atoms with Crippen molar-refractivity contribution in [3.63, 3.8) is 0 Å². The quantitative estimate of drug-likeness (QED) is 0.143. The number of non-ortho nitro benzene ring substituents is 1. The molecule has 0 spiro atoms. The summed E-state index contributed by atoms with van der Waals surface area (Å²) in [6, 6.07) is 27.8. The molecule has 6 rings (SSSR count). The summed E-state index contributed by atoms with van der Waals surface area (Å²) in [6.07, 6.45) is 0. The Hall–Kier alpha value is -4.69. The van der Waals surface area contributed by atoms with Crippen molar-refractivity contribution in [1.29, 1.82) is 0 Å². The molecule has 0 unspecified atom stereocenters. The zero-order chi connectivity index (χ0) is 25.5. The first-order valence-electron chi connectivity index (χ1n) is 11.5. The van der Waals surface area contributed by atoms with E-state index in [1.807, 2.05) is 54.6 Å². The highest BCUT2D eigenvalue weighted by molar-refractivity contribution is 8.00. The predicted molar refractivity (Wildman–Crippen MR) is 141 cm³/mol. The number of para-hydroxylation sites is 1. The van der Waals surface area contributed by atoms with Crippen molar-refractivity contribution in [2.45, 2.75) is 10.1 Å². The van der Waals surface area contributed by atoms with Gasteiger partial charge in [0.15, 0.2) is 5.78 Å². The Bertz CT molecular complexity index is 1630. The summed E-state index contributed by atoms with van der Waals surface area (Å²) < 4.78 is 5.60. The van der Waals surface area contributed by atoms with E-state index < -0.39 is 10.9 Å². The van der Waals surface area contributed by atoms with E-state index in [4.69, 9.17) is 4.74 Å². The van der Waals surface area contributed by atoms with E-state index in [0.29, 0.717) is 16.9 Å². The van der Waals surface area contributed by atoms with E-state index in [1.165, 1.54) is 24.3 Å². The number of esters is 1. The van der Waals surface area contributed by atoms with Crippen LogP contribution in [0.25, 0.3) is 5.70 Å². The van der Waals surface area contributed by atoms with Gasteiger partial charge in [-0.25, -0.2) is 4.79 Å². The molecule has 1 N–H and O–H groups in total. The SMILES string of the molecule is O=C(Oc1cccc([C@H]2Sc3ccccc3NC3=C2C(=O)c2ccccc23)c1)c1ccc([N+](=O)[O-])cc1. The molecule has 2 aliphatic rings. The first-order valence-corrected chi connectivity index (χ1v) is 12.3. The van der Waals surface area contributed by atoms with Gasteiger partial charge in [0.05, 0.1) is 27.1 Å². The normalized spacial score (nSPS) is 15.7. The monoisotopic (exact) mass is 506 g/mol. The van der Waals surface area contributed by atoms with Crippen LogP contribution in [0.1, 0.15) is 37.1 Å². The third kappa shape index (κ3) is 4.07. The van der Waals surface area contributed by atoms with Gasteiger partial charge in [-0.3, -0.25) is 14.9 Å². The average molecular weight is 507 g/mol. The van der Waals surface area contributed by atoms with Crippen molar-refractivity contribution >= 4 is 40.6 Å². The average Bonchev–Trinajstić information content (AvgIpc) is 3.07. The zero-order valence-corrected chi connectivity index (χ0v) is 20.0. The number of carbonyl (C=O) groups is 2. The van der Waals surface area contributed by atoms with E-state index >= 15 is 0 Å². The Morgan fingerprint density at radius 3 is 2.41 bits per heavy atom. The van der Waals surface area contributed by atoms with Gasteiger partial charge in [-0.15, -0.1) is 11.8 Å². The van der Waals surface area contributed by atoms with Gasteiger partial charge in [-0.2, -0.15) is 0 Å². The highest BCUT2D eigenvalue weighted by Gasteiger charge is 2.38. The fraction of sp³-hybridized carbons (Fsp3) is 0.0345. The van der Waals surface area contributed by atoms with Gasteiger partial charge in [-0.05, 0) is 42.0 Å². The van der Waals surface area contributed by atoms with Crippen LogP contribution in [0.3, 0.4) is 0 Å². The molecule has 1 atom stereocenters. The van der Waals surface area contributed by atoms with Gasteiger partial charge in [0.25, 0.3) is 5.69 Å². The molecule has 0 saturated heterocycles. The van der Waals surface area contributed by atoms with E-state index in [2.05, 4.69) is 5.32 Å². The number of nitrogens with zero attached hydrogens (tertiary/aromatic N) is 1. The Balaban J connectivity index is 1.37. The lowest BCUT2D eigenvalue weighted by Gasteiger charge is -2.18. The van der Waals surface area contributed by atoms with Crippen LogP contribution >= 0.6 is 11.8 Å². The number of hydrogen-bond acceptors (Lipinski definition) is 7. The number of fused-ring (bicyclic) bond motifs is 3. The number of nitro groups is 1. The fourth-order valence-corrected chi connectivity index (χ4v) is 5.82. The number of nitro benzene ring substituents is 1. The highest BCUT2D eigenvalue weighted by atomic mass is 32.2. The minimum absolute atomic E-state index is 0.0308. The first kappa shape index (κ1) is 22.8. The standard InChI is InChI=1S/C29H18N2O5S/c32-27-22-9-2-1-8-21(22)26-25(27)28(37-24-11-4-3-10-23(24)30-26)18-6-5-7-20(16-18)36-29(33)17-12-14-19(15-13-17)31(34)35/h1-16,28,30H/t28-/m1/s1. The van der Waals surface area contributed by atoms with Gasteiger partial charge >= 0.3 is 5.97 Å². The summed E-state index contributed by atoms with van der Waals surface area (Å²) in [5.74, 6) is -0.342. The molecule has 0 saturated carbocycles. The number of Topliss-reactive ketones (excluding diaryl/α,β-unsaturated/α-hetero) is 1. The van der Waals surface area contributed by atoms with Crippen LogP contribution in [0.2, 0.25) is 0 Å². The van der Waals surface area contributed by atoms with Crippen molar-refractivity contribution in [2.24, 2.45) is 0 Å². The predicted octanol–water partition coefficient (Wildman–Crippen LogP) is 6.68. The summed E-state index contributed by atoms with van der Waals surface area (Å²) in [5, 5.41) is 14.0. The number of ketones is 1.